The number of hydrogen-bond acceptors (Lipinski definition) is 2. The summed E-state index contributed by atoms with van der Waals surface area (Å²) in [5.41, 5.74) is 10.9. The molecule has 0 spiro atoms. The summed E-state index contributed by atoms with van der Waals surface area (Å²) in [5, 5.41) is 0.597. The summed E-state index contributed by atoms with van der Waals surface area (Å²) in [4.78, 5) is 0. The minimum atomic E-state index is -0.175. The number of methoxy groups -OCH3 is 1. The van der Waals surface area contributed by atoms with Crippen molar-refractivity contribution in [3.63, 3.8) is 0 Å². The molecule has 0 aromatic heterocycles. The van der Waals surface area contributed by atoms with Gasteiger partial charge in [-0.2, -0.15) is 0 Å². The molecule has 2 rings (SSSR count). The SMILES string of the molecule is COc1cc(C(N)c2cc(C)ccc2C)ccc1Cl. The minimum absolute atomic E-state index is 0.175. The molecule has 2 aromatic rings. The fourth-order valence-corrected chi connectivity index (χ4v) is 2.34. The number of benzene rings is 2. The number of aryl methyl sites for hydroxylation is 2. The van der Waals surface area contributed by atoms with Gasteiger partial charge >= 0.3 is 0 Å². The second-order valence-electron chi connectivity index (χ2n) is 4.73. The van der Waals surface area contributed by atoms with Crippen molar-refractivity contribution < 1.29 is 4.74 Å². The van der Waals surface area contributed by atoms with Crippen LogP contribution in [0.15, 0.2) is 36.4 Å². The summed E-state index contributed by atoms with van der Waals surface area (Å²) in [6, 6.07) is 11.8. The fourth-order valence-electron chi connectivity index (χ4n) is 2.14. The Balaban J connectivity index is 2.43. The van der Waals surface area contributed by atoms with Gasteiger partial charge in [-0.1, -0.05) is 41.4 Å². The molecule has 0 aliphatic rings. The zero-order chi connectivity index (χ0) is 14.0. The first kappa shape index (κ1) is 13.9. The Labute approximate surface area is 119 Å². The van der Waals surface area contributed by atoms with Crippen molar-refractivity contribution >= 4 is 11.6 Å². The van der Waals surface area contributed by atoms with E-state index in [9.17, 15) is 0 Å². The average Bonchev–Trinajstić information content (AvgIpc) is 2.41. The van der Waals surface area contributed by atoms with E-state index >= 15 is 0 Å². The number of ether oxygens (including phenoxy) is 1. The van der Waals surface area contributed by atoms with Gasteiger partial charge in [0.1, 0.15) is 5.75 Å². The smallest absolute Gasteiger partial charge is 0.137 e. The van der Waals surface area contributed by atoms with Crippen LogP contribution in [-0.2, 0) is 0 Å². The third-order valence-corrected chi connectivity index (χ3v) is 3.62. The van der Waals surface area contributed by atoms with Crippen LogP contribution < -0.4 is 10.5 Å². The fraction of sp³-hybridized carbons (Fsp3) is 0.250. The van der Waals surface area contributed by atoms with Gasteiger partial charge in [0.2, 0.25) is 0 Å². The Bertz CT molecular complexity index is 595. The average molecular weight is 276 g/mol. The van der Waals surface area contributed by atoms with Gasteiger partial charge in [-0.3, -0.25) is 0 Å². The lowest BCUT2D eigenvalue weighted by atomic mass is 9.94. The molecule has 3 heteroatoms. The zero-order valence-electron chi connectivity index (χ0n) is 11.4. The minimum Gasteiger partial charge on any atom is -0.495 e. The van der Waals surface area contributed by atoms with Gasteiger partial charge in [0.05, 0.1) is 18.2 Å². The van der Waals surface area contributed by atoms with Crippen LogP contribution in [0.5, 0.6) is 5.75 Å². The van der Waals surface area contributed by atoms with E-state index in [-0.39, 0.29) is 6.04 Å². The Kier molecular flexibility index (Phi) is 4.13. The van der Waals surface area contributed by atoms with Gasteiger partial charge in [-0.05, 0) is 42.7 Å². The predicted molar refractivity (Wildman–Crippen MR) is 80.0 cm³/mol. The highest BCUT2D eigenvalue weighted by atomic mass is 35.5. The maximum atomic E-state index is 6.36. The summed E-state index contributed by atoms with van der Waals surface area (Å²) >= 11 is 6.04. The molecule has 0 aliphatic carbocycles. The molecule has 0 fully saturated rings. The summed E-state index contributed by atoms with van der Waals surface area (Å²) in [6.45, 7) is 4.14. The molecule has 1 atom stereocenters. The van der Waals surface area contributed by atoms with Crippen LogP contribution in [0.2, 0.25) is 5.02 Å². The second kappa shape index (κ2) is 5.64. The van der Waals surface area contributed by atoms with Crippen molar-refractivity contribution in [2.75, 3.05) is 7.11 Å². The summed E-state index contributed by atoms with van der Waals surface area (Å²) in [7, 11) is 1.61. The lowest BCUT2D eigenvalue weighted by molar-refractivity contribution is 0.414. The Morgan fingerprint density at radius 3 is 2.53 bits per heavy atom. The standard InChI is InChI=1S/C16H18ClNO/c1-10-4-5-11(2)13(8-10)16(18)12-6-7-14(17)15(9-12)19-3/h4-9,16H,18H2,1-3H3. The third-order valence-electron chi connectivity index (χ3n) is 3.30. The molecule has 0 saturated carbocycles. The van der Waals surface area contributed by atoms with E-state index in [1.807, 2.05) is 18.2 Å². The van der Waals surface area contributed by atoms with Crippen molar-refractivity contribution in [2.24, 2.45) is 5.73 Å². The molecule has 2 nitrogen and oxygen atoms in total. The van der Waals surface area contributed by atoms with Gasteiger partial charge in [-0.15, -0.1) is 0 Å². The normalized spacial score (nSPS) is 12.3. The van der Waals surface area contributed by atoms with Crippen molar-refractivity contribution in [2.45, 2.75) is 19.9 Å². The van der Waals surface area contributed by atoms with Gasteiger partial charge < -0.3 is 10.5 Å². The van der Waals surface area contributed by atoms with E-state index in [2.05, 4.69) is 32.0 Å². The van der Waals surface area contributed by atoms with Crippen LogP contribution in [0, 0.1) is 13.8 Å². The van der Waals surface area contributed by atoms with Crippen molar-refractivity contribution in [1.29, 1.82) is 0 Å². The summed E-state index contributed by atoms with van der Waals surface area (Å²) in [5.74, 6) is 0.653. The molecule has 2 N–H and O–H groups in total. The molecule has 0 amide bonds. The van der Waals surface area contributed by atoms with E-state index < -0.39 is 0 Å². The Morgan fingerprint density at radius 1 is 1.11 bits per heavy atom. The second-order valence-corrected chi connectivity index (χ2v) is 5.14. The van der Waals surface area contributed by atoms with Crippen LogP contribution >= 0.6 is 11.6 Å². The first-order chi connectivity index (χ1) is 9.02. The predicted octanol–water partition coefficient (Wildman–Crippen LogP) is 4.01. The molecule has 0 aliphatic heterocycles. The molecular formula is C16H18ClNO. The van der Waals surface area contributed by atoms with Gasteiger partial charge in [-0.25, -0.2) is 0 Å². The van der Waals surface area contributed by atoms with E-state index in [1.54, 1.807) is 7.11 Å². The van der Waals surface area contributed by atoms with E-state index in [1.165, 1.54) is 11.1 Å². The lowest BCUT2D eigenvalue weighted by Crippen LogP contribution is -2.13. The number of hydrogen-bond donors (Lipinski definition) is 1. The van der Waals surface area contributed by atoms with E-state index in [0.717, 1.165) is 11.1 Å². The summed E-state index contributed by atoms with van der Waals surface area (Å²) in [6.07, 6.45) is 0. The Morgan fingerprint density at radius 2 is 1.84 bits per heavy atom. The van der Waals surface area contributed by atoms with Crippen molar-refractivity contribution in [1.82, 2.24) is 0 Å². The monoisotopic (exact) mass is 275 g/mol. The van der Waals surface area contributed by atoms with Gasteiger partial charge in [0.15, 0.2) is 0 Å². The molecule has 0 bridgehead atoms. The number of nitrogens with two attached hydrogens (primary N) is 1. The first-order valence-electron chi connectivity index (χ1n) is 6.19. The number of halogens is 1. The third kappa shape index (κ3) is 2.91. The van der Waals surface area contributed by atoms with E-state index in [0.29, 0.717) is 10.8 Å². The maximum absolute atomic E-state index is 6.36. The summed E-state index contributed by atoms with van der Waals surface area (Å²) < 4.78 is 5.24. The lowest BCUT2D eigenvalue weighted by Gasteiger charge is -2.17. The highest BCUT2D eigenvalue weighted by Crippen LogP contribution is 2.30. The molecule has 1 unspecified atom stereocenters. The molecular weight excluding hydrogens is 258 g/mol. The zero-order valence-corrected chi connectivity index (χ0v) is 12.2. The molecule has 0 saturated heterocycles. The largest absolute Gasteiger partial charge is 0.495 e. The van der Waals surface area contributed by atoms with Crippen molar-refractivity contribution in [3.05, 3.63) is 63.7 Å². The van der Waals surface area contributed by atoms with Crippen LogP contribution in [-0.4, -0.2) is 7.11 Å². The molecule has 0 heterocycles. The van der Waals surface area contributed by atoms with Crippen LogP contribution in [0.3, 0.4) is 0 Å². The first-order valence-corrected chi connectivity index (χ1v) is 6.57. The highest BCUT2D eigenvalue weighted by molar-refractivity contribution is 6.32. The van der Waals surface area contributed by atoms with Gasteiger partial charge in [0.25, 0.3) is 0 Å². The molecule has 100 valence electrons. The quantitative estimate of drug-likeness (QED) is 0.918. The van der Waals surface area contributed by atoms with E-state index in [4.69, 9.17) is 22.1 Å². The van der Waals surface area contributed by atoms with Crippen LogP contribution in [0.25, 0.3) is 0 Å². The highest BCUT2D eigenvalue weighted by Gasteiger charge is 2.13. The molecule has 0 radical (unpaired) electrons. The molecule has 2 aromatic carbocycles. The van der Waals surface area contributed by atoms with Gasteiger partial charge in [0, 0.05) is 0 Å². The van der Waals surface area contributed by atoms with Crippen LogP contribution in [0.1, 0.15) is 28.3 Å². The topological polar surface area (TPSA) is 35.2 Å². The maximum Gasteiger partial charge on any atom is 0.137 e. The molecule has 19 heavy (non-hydrogen) atoms. The Hall–Kier alpha value is -1.51. The van der Waals surface area contributed by atoms with Crippen molar-refractivity contribution in [3.8, 4) is 5.75 Å². The van der Waals surface area contributed by atoms with Crippen LogP contribution in [0.4, 0.5) is 0 Å². The number of rotatable bonds is 3.